The third kappa shape index (κ3) is 4.28. The van der Waals surface area contributed by atoms with Crippen molar-refractivity contribution >= 4 is 40.6 Å². The van der Waals surface area contributed by atoms with Crippen molar-refractivity contribution in [2.24, 2.45) is 0 Å². The standard InChI is InChI=1S/C19H22N2O3S2/c1-4-23-18(22)15-16(17(25)20-12-8-6-5-7-9-12)26-14-11-24-19(2,3)10-13(14)21-15/h5-9,21H,4,10-11H2,1-3H3,(H,20,25). The van der Waals surface area contributed by atoms with Gasteiger partial charge in [-0.05, 0) is 32.9 Å². The Bertz CT molecular complexity index is 785. The molecule has 26 heavy (non-hydrogen) atoms. The zero-order chi connectivity index (χ0) is 18.7. The highest BCUT2D eigenvalue weighted by atomic mass is 32.2. The number of thioether (sulfide) groups is 1. The predicted molar refractivity (Wildman–Crippen MR) is 109 cm³/mol. The van der Waals surface area contributed by atoms with E-state index in [4.69, 9.17) is 21.7 Å². The van der Waals surface area contributed by atoms with Crippen LogP contribution in [0.3, 0.4) is 0 Å². The number of rotatable bonds is 4. The minimum absolute atomic E-state index is 0.271. The number of carbonyl (C=O) groups excluding carboxylic acids is 1. The third-order valence-electron chi connectivity index (χ3n) is 3.98. The van der Waals surface area contributed by atoms with Gasteiger partial charge in [0.15, 0.2) is 0 Å². The summed E-state index contributed by atoms with van der Waals surface area (Å²) in [5.74, 6) is -0.400. The van der Waals surface area contributed by atoms with Gasteiger partial charge in [-0.2, -0.15) is 0 Å². The molecule has 2 heterocycles. The molecule has 0 aromatic heterocycles. The molecule has 7 heteroatoms. The molecule has 2 N–H and O–H groups in total. The fraction of sp³-hybridized carbons (Fsp3) is 0.368. The second kappa shape index (κ2) is 7.82. The Kier molecular flexibility index (Phi) is 5.70. The summed E-state index contributed by atoms with van der Waals surface area (Å²) in [6, 6.07) is 9.64. The average Bonchev–Trinajstić information content (AvgIpc) is 2.61. The van der Waals surface area contributed by atoms with Crippen LogP contribution in [0.1, 0.15) is 27.2 Å². The molecule has 0 atom stereocenters. The van der Waals surface area contributed by atoms with Crippen molar-refractivity contribution in [2.45, 2.75) is 32.8 Å². The Morgan fingerprint density at radius 2 is 2.12 bits per heavy atom. The van der Waals surface area contributed by atoms with Crippen molar-refractivity contribution in [1.82, 2.24) is 5.32 Å². The van der Waals surface area contributed by atoms with Crippen LogP contribution in [0.5, 0.6) is 0 Å². The molecule has 2 aliphatic heterocycles. The molecule has 0 fully saturated rings. The minimum Gasteiger partial charge on any atom is -0.461 e. The van der Waals surface area contributed by atoms with Gasteiger partial charge < -0.3 is 20.1 Å². The van der Waals surface area contributed by atoms with Crippen LogP contribution in [-0.4, -0.2) is 29.8 Å². The highest BCUT2D eigenvalue weighted by Gasteiger charge is 2.35. The van der Waals surface area contributed by atoms with Crippen LogP contribution < -0.4 is 10.6 Å². The zero-order valence-electron chi connectivity index (χ0n) is 15.0. The van der Waals surface area contributed by atoms with Crippen molar-refractivity contribution in [1.29, 1.82) is 0 Å². The second-order valence-electron chi connectivity index (χ2n) is 6.60. The van der Waals surface area contributed by atoms with Crippen LogP contribution in [-0.2, 0) is 14.3 Å². The van der Waals surface area contributed by atoms with E-state index in [2.05, 4.69) is 10.6 Å². The molecule has 0 bridgehead atoms. The van der Waals surface area contributed by atoms with Gasteiger partial charge in [-0.1, -0.05) is 42.2 Å². The smallest absolute Gasteiger partial charge is 0.356 e. The van der Waals surface area contributed by atoms with E-state index in [0.29, 0.717) is 35.2 Å². The zero-order valence-corrected chi connectivity index (χ0v) is 16.7. The maximum absolute atomic E-state index is 12.5. The van der Waals surface area contributed by atoms with Gasteiger partial charge in [-0.25, -0.2) is 4.79 Å². The Labute approximate surface area is 163 Å². The summed E-state index contributed by atoms with van der Waals surface area (Å²) in [5.41, 5.74) is 1.99. The van der Waals surface area contributed by atoms with Crippen molar-refractivity contribution in [3.8, 4) is 0 Å². The summed E-state index contributed by atoms with van der Waals surface area (Å²) in [7, 11) is 0. The Morgan fingerprint density at radius 1 is 1.38 bits per heavy atom. The lowest BCUT2D eigenvalue weighted by Gasteiger charge is -2.36. The van der Waals surface area contributed by atoms with E-state index < -0.39 is 5.97 Å². The highest BCUT2D eigenvalue weighted by molar-refractivity contribution is 8.08. The summed E-state index contributed by atoms with van der Waals surface area (Å²) in [6.07, 6.45) is 0.699. The number of carbonyl (C=O) groups is 1. The number of esters is 1. The van der Waals surface area contributed by atoms with Crippen molar-refractivity contribution < 1.29 is 14.3 Å². The second-order valence-corrected chi connectivity index (χ2v) is 8.11. The molecule has 138 valence electrons. The molecule has 0 saturated heterocycles. The minimum atomic E-state index is -0.400. The number of hydrogen-bond acceptors (Lipinski definition) is 6. The van der Waals surface area contributed by atoms with E-state index in [9.17, 15) is 4.79 Å². The van der Waals surface area contributed by atoms with Crippen LogP contribution in [0.15, 0.2) is 51.5 Å². The lowest BCUT2D eigenvalue weighted by Crippen LogP contribution is -2.38. The molecule has 0 amide bonds. The van der Waals surface area contributed by atoms with Gasteiger partial charge in [0.1, 0.15) is 10.7 Å². The summed E-state index contributed by atoms with van der Waals surface area (Å²) in [6.45, 7) is 6.66. The number of thiocarbonyl (C=S) groups is 1. The number of hydrogen-bond donors (Lipinski definition) is 2. The quantitative estimate of drug-likeness (QED) is 0.596. The summed E-state index contributed by atoms with van der Waals surface area (Å²) < 4.78 is 11.1. The first-order valence-electron chi connectivity index (χ1n) is 8.48. The molecular weight excluding hydrogens is 368 g/mol. The van der Waals surface area contributed by atoms with E-state index in [1.165, 1.54) is 11.8 Å². The first kappa shape index (κ1) is 18.9. The van der Waals surface area contributed by atoms with Gasteiger partial charge in [0.2, 0.25) is 0 Å². The van der Waals surface area contributed by atoms with E-state index in [-0.39, 0.29) is 5.60 Å². The number of ether oxygens (including phenoxy) is 2. The van der Waals surface area contributed by atoms with Gasteiger partial charge in [0, 0.05) is 22.7 Å². The van der Waals surface area contributed by atoms with Crippen LogP contribution >= 0.6 is 24.0 Å². The molecule has 0 unspecified atom stereocenters. The van der Waals surface area contributed by atoms with Gasteiger partial charge in [-0.15, -0.1) is 0 Å². The molecule has 0 aliphatic carbocycles. The van der Waals surface area contributed by atoms with E-state index >= 15 is 0 Å². The average molecular weight is 391 g/mol. The van der Waals surface area contributed by atoms with Gasteiger partial charge in [0.05, 0.1) is 23.7 Å². The van der Waals surface area contributed by atoms with Crippen LogP contribution in [0.25, 0.3) is 0 Å². The SMILES string of the molecule is CCOC(=O)C1=C(C(=S)Nc2ccccc2)SC2=C(CC(C)(C)OC2)N1. The normalized spacial score (nSPS) is 18.7. The molecule has 2 aliphatic rings. The monoisotopic (exact) mass is 390 g/mol. The van der Waals surface area contributed by atoms with E-state index in [1.54, 1.807) is 6.92 Å². The van der Waals surface area contributed by atoms with E-state index in [1.807, 2.05) is 44.2 Å². The summed E-state index contributed by atoms with van der Waals surface area (Å²) in [4.78, 5) is 14.7. The van der Waals surface area contributed by atoms with Gasteiger partial charge in [0.25, 0.3) is 0 Å². The predicted octanol–water partition coefficient (Wildman–Crippen LogP) is 3.95. The number of nitrogens with one attached hydrogen (secondary N) is 2. The van der Waals surface area contributed by atoms with Crippen LogP contribution in [0.4, 0.5) is 5.69 Å². The Balaban J connectivity index is 1.88. The summed E-state index contributed by atoms with van der Waals surface area (Å²) >= 11 is 7.05. The van der Waals surface area contributed by atoms with Crippen molar-refractivity contribution in [3.05, 3.63) is 51.5 Å². The van der Waals surface area contributed by atoms with Crippen molar-refractivity contribution in [2.75, 3.05) is 18.5 Å². The Morgan fingerprint density at radius 3 is 2.81 bits per heavy atom. The molecule has 0 saturated carbocycles. The number of anilines is 1. The fourth-order valence-electron chi connectivity index (χ4n) is 2.73. The van der Waals surface area contributed by atoms with Crippen LogP contribution in [0, 0.1) is 0 Å². The number of benzene rings is 1. The summed E-state index contributed by atoms with van der Waals surface area (Å²) in [5, 5.41) is 6.46. The fourth-order valence-corrected chi connectivity index (χ4v) is 4.06. The van der Waals surface area contributed by atoms with Crippen LogP contribution in [0.2, 0.25) is 0 Å². The van der Waals surface area contributed by atoms with Crippen molar-refractivity contribution in [3.63, 3.8) is 0 Å². The number of para-hydroxylation sites is 1. The maximum atomic E-state index is 12.5. The van der Waals surface area contributed by atoms with Gasteiger partial charge >= 0.3 is 5.97 Å². The van der Waals surface area contributed by atoms with Gasteiger partial charge in [-0.3, -0.25) is 0 Å². The molecule has 1 aromatic rings. The molecule has 0 spiro atoms. The molecule has 5 nitrogen and oxygen atoms in total. The Hall–Kier alpha value is -1.83. The largest absolute Gasteiger partial charge is 0.461 e. The topological polar surface area (TPSA) is 59.6 Å². The molecule has 3 rings (SSSR count). The van der Waals surface area contributed by atoms with E-state index in [0.717, 1.165) is 16.3 Å². The third-order valence-corrected chi connectivity index (χ3v) is 5.64. The lowest BCUT2D eigenvalue weighted by molar-refractivity contribution is -0.138. The molecule has 0 radical (unpaired) electrons. The molecule has 1 aromatic carbocycles. The highest BCUT2D eigenvalue weighted by Crippen LogP contribution is 2.41. The lowest BCUT2D eigenvalue weighted by atomic mass is 9.99. The maximum Gasteiger partial charge on any atom is 0.356 e. The first-order chi connectivity index (χ1) is 12.4. The first-order valence-corrected chi connectivity index (χ1v) is 9.71. The molecular formula is C19H22N2O3S2.